The fourth-order valence-electron chi connectivity index (χ4n) is 5.00. The van der Waals surface area contributed by atoms with Crippen LogP contribution in [0.5, 0.6) is 0 Å². The molecule has 1 aliphatic carbocycles. The summed E-state index contributed by atoms with van der Waals surface area (Å²) in [6.45, 7) is 25.9. The first kappa shape index (κ1) is 22.5. The van der Waals surface area contributed by atoms with Crippen LogP contribution in [0.4, 0.5) is 0 Å². The molecule has 0 heteroatoms. The molecule has 0 saturated heterocycles. The molecular formula is C25H46. The molecule has 3 atom stereocenters. The van der Waals surface area contributed by atoms with Gasteiger partial charge in [0.15, 0.2) is 0 Å². The highest BCUT2D eigenvalue weighted by Crippen LogP contribution is 2.68. The van der Waals surface area contributed by atoms with Gasteiger partial charge in [-0.15, -0.1) is 6.58 Å². The Kier molecular flexibility index (Phi) is 7.61. The summed E-state index contributed by atoms with van der Waals surface area (Å²) in [5.74, 6) is 2.21. The van der Waals surface area contributed by atoms with E-state index in [4.69, 9.17) is 0 Å². The summed E-state index contributed by atoms with van der Waals surface area (Å²) in [6.07, 6.45) is 12.6. The highest BCUT2D eigenvalue weighted by Gasteiger charge is 2.60. The Morgan fingerprint density at radius 2 is 1.68 bits per heavy atom. The van der Waals surface area contributed by atoms with Gasteiger partial charge in [-0.3, -0.25) is 0 Å². The average molecular weight is 347 g/mol. The predicted molar refractivity (Wildman–Crippen MR) is 115 cm³/mol. The topological polar surface area (TPSA) is 0 Å². The molecule has 25 heavy (non-hydrogen) atoms. The van der Waals surface area contributed by atoms with Gasteiger partial charge in [0.05, 0.1) is 0 Å². The van der Waals surface area contributed by atoms with E-state index in [9.17, 15) is 0 Å². The Balaban J connectivity index is 3.13. The molecule has 0 aliphatic heterocycles. The zero-order valence-corrected chi connectivity index (χ0v) is 18.8. The molecule has 0 nitrogen and oxygen atoms in total. The van der Waals surface area contributed by atoms with E-state index >= 15 is 0 Å². The molecule has 0 N–H and O–H groups in total. The van der Waals surface area contributed by atoms with Gasteiger partial charge in [0.1, 0.15) is 0 Å². The van der Waals surface area contributed by atoms with Crippen molar-refractivity contribution in [2.75, 3.05) is 0 Å². The van der Waals surface area contributed by atoms with Crippen molar-refractivity contribution in [1.29, 1.82) is 0 Å². The first-order chi connectivity index (χ1) is 11.5. The lowest BCUT2D eigenvalue weighted by Gasteiger charge is -2.45. The van der Waals surface area contributed by atoms with E-state index in [1.807, 2.05) is 0 Å². The monoisotopic (exact) mass is 346 g/mol. The average Bonchev–Trinajstić information content (AvgIpc) is 3.24. The van der Waals surface area contributed by atoms with Crippen LogP contribution in [0.3, 0.4) is 0 Å². The van der Waals surface area contributed by atoms with E-state index in [1.54, 1.807) is 5.57 Å². The Hall–Kier alpha value is -0.520. The van der Waals surface area contributed by atoms with Crippen molar-refractivity contribution in [3.05, 3.63) is 24.3 Å². The predicted octanol–water partition coefficient (Wildman–Crippen LogP) is 8.44. The standard InChI is InChI=1S/C25H46/c1-11-23(8,9)18-22(24(10,12-2)13-3)25(14-4)17-21(25)16-20(7)15-19(5)6/h14-15,19,21-22H,4,11-13,16-18H2,1-3,5-10H3. The van der Waals surface area contributed by atoms with Gasteiger partial charge in [0.25, 0.3) is 0 Å². The lowest BCUT2D eigenvalue weighted by atomic mass is 9.59. The van der Waals surface area contributed by atoms with Crippen molar-refractivity contribution in [3.63, 3.8) is 0 Å². The van der Waals surface area contributed by atoms with Crippen LogP contribution < -0.4 is 0 Å². The quantitative estimate of drug-likeness (QED) is 0.329. The number of allylic oxidation sites excluding steroid dienone is 3. The lowest BCUT2D eigenvalue weighted by Crippen LogP contribution is -2.37. The van der Waals surface area contributed by atoms with Gasteiger partial charge >= 0.3 is 0 Å². The summed E-state index contributed by atoms with van der Waals surface area (Å²) in [4.78, 5) is 0. The fraction of sp³-hybridized carbons (Fsp3) is 0.840. The highest BCUT2D eigenvalue weighted by molar-refractivity contribution is 5.21. The second kappa shape index (κ2) is 8.45. The van der Waals surface area contributed by atoms with Crippen molar-refractivity contribution < 1.29 is 0 Å². The minimum atomic E-state index is 0.360. The SMILES string of the molecule is C=CC1(C(CC(C)(C)CC)C(C)(CC)CC)CC1CC(C)=CC(C)C. The molecule has 0 amide bonds. The molecule has 0 spiro atoms. The third kappa shape index (κ3) is 5.24. The van der Waals surface area contributed by atoms with Crippen LogP contribution in [0.1, 0.15) is 101 Å². The number of rotatable bonds is 11. The maximum absolute atomic E-state index is 4.35. The van der Waals surface area contributed by atoms with Gasteiger partial charge in [0, 0.05) is 0 Å². The Morgan fingerprint density at radius 1 is 1.12 bits per heavy atom. The van der Waals surface area contributed by atoms with Crippen LogP contribution in [-0.2, 0) is 0 Å². The zero-order chi connectivity index (χ0) is 19.5. The Morgan fingerprint density at radius 3 is 2.08 bits per heavy atom. The number of hydrogen-bond donors (Lipinski definition) is 0. The van der Waals surface area contributed by atoms with Crippen molar-refractivity contribution in [1.82, 2.24) is 0 Å². The van der Waals surface area contributed by atoms with E-state index in [0.29, 0.717) is 22.2 Å². The minimum Gasteiger partial charge on any atom is -0.103 e. The van der Waals surface area contributed by atoms with E-state index in [2.05, 4.69) is 81.0 Å². The summed E-state index contributed by atoms with van der Waals surface area (Å²) < 4.78 is 0. The lowest BCUT2D eigenvalue weighted by molar-refractivity contribution is 0.0583. The molecule has 0 bridgehead atoms. The third-order valence-electron chi connectivity index (χ3n) is 7.59. The Bertz CT molecular complexity index is 460. The molecule has 0 radical (unpaired) electrons. The summed E-state index contributed by atoms with van der Waals surface area (Å²) in [5.41, 5.74) is 2.78. The fourth-order valence-corrected chi connectivity index (χ4v) is 5.00. The molecule has 0 aromatic carbocycles. The van der Waals surface area contributed by atoms with Gasteiger partial charge in [0.2, 0.25) is 0 Å². The van der Waals surface area contributed by atoms with Gasteiger partial charge < -0.3 is 0 Å². The molecule has 1 saturated carbocycles. The smallest absolute Gasteiger partial charge is 0.00526 e. The molecule has 0 aromatic rings. The van der Waals surface area contributed by atoms with E-state index in [1.165, 1.54) is 38.5 Å². The summed E-state index contributed by atoms with van der Waals surface area (Å²) in [6, 6.07) is 0. The first-order valence-corrected chi connectivity index (χ1v) is 10.8. The molecule has 3 unspecified atom stereocenters. The van der Waals surface area contributed by atoms with Crippen LogP contribution in [0.25, 0.3) is 0 Å². The maximum atomic E-state index is 4.35. The van der Waals surface area contributed by atoms with Gasteiger partial charge in [-0.05, 0) is 60.2 Å². The summed E-state index contributed by atoms with van der Waals surface area (Å²) >= 11 is 0. The van der Waals surface area contributed by atoms with Crippen molar-refractivity contribution in [3.8, 4) is 0 Å². The molecule has 0 aromatic heterocycles. The van der Waals surface area contributed by atoms with Gasteiger partial charge in [-0.1, -0.05) is 92.4 Å². The zero-order valence-electron chi connectivity index (χ0n) is 18.8. The van der Waals surface area contributed by atoms with Crippen LogP contribution in [0.15, 0.2) is 24.3 Å². The van der Waals surface area contributed by atoms with Crippen LogP contribution in [0, 0.1) is 34.0 Å². The second-order valence-electron chi connectivity index (χ2n) is 10.3. The first-order valence-electron chi connectivity index (χ1n) is 10.8. The summed E-state index contributed by atoms with van der Waals surface area (Å²) in [7, 11) is 0. The largest absolute Gasteiger partial charge is 0.103 e. The Labute approximate surface area is 159 Å². The second-order valence-corrected chi connectivity index (χ2v) is 10.3. The van der Waals surface area contributed by atoms with Crippen molar-refractivity contribution in [2.24, 2.45) is 34.0 Å². The summed E-state index contributed by atoms with van der Waals surface area (Å²) in [5, 5.41) is 0. The third-order valence-corrected chi connectivity index (χ3v) is 7.59. The van der Waals surface area contributed by atoms with Crippen molar-refractivity contribution in [2.45, 2.75) is 101 Å². The maximum Gasteiger partial charge on any atom is -0.00526 e. The highest BCUT2D eigenvalue weighted by atomic mass is 14.6. The molecule has 0 heterocycles. The molecular weight excluding hydrogens is 300 g/mol. The molecule has 146 valence electrons. The van der Waals surface area contributed by atoms with E-state index in [0.717, 1.165) is 11.8 Å². The number of hydrogen-bond acceptors (Lipinski definition) is 0. The van der Waals surface area contributed by atoms with Crippen LogP contribution in [-0.4, -0.2) is 0 Å². The van der Waals surface area contributed by atoms with Crippen molar-refractivity contribution >= 4 is 0 Å². The van der Waals surface area contributed by atoms with Crippen LogP contribution in [0.2, 0.25) is 0 Å². The normalized spacial score (nSPS) is 26.0. The molecule has 1 rings (SSSR count). The van der Waals surface area contributed by atoms with E-state index in [-0.39, 0.29) is 0 Å². The molecule has 1 fully saturated rings. The van der Waals surface area contributed by atoms with Gasteiger partial charge in [-0.2, -0.15) is 0 Å². The van der Waals surface area contributed by atoms with Gasteiger partial charge in [-0.25, -0.2) is 0 Å². The minimum absolute atomic E-state index is 0.360. The molecule has 1 aliphatic rings. The van der Waals surface area contributed by atoms with E-state index < -0.39 is 0 Å². The van der Waals surface area contributed by atoms with Crippen LogP contribution >= 0.6 is 0 Å².